The first-order chi connectivity index (χ1) is 12.4. The summed E-state index contributed by atoms with van der Waals surface area (Å²) in [5.41, 5.74) is 0.413. The minimum absolute atomic E-state index is 0.0610. The Hall–Kier alpha value is -2.21. The van der Waals surface area contributed by atoms with E-state index in [9.17, 15) is 12.8 Å². The quantitative estimate of drug-likeness (QED) is 0.794. The number of hydrogen-bond acceptors (Lipinski definition) is 5. The van der Waals surface area contributed by atoms with Gasteiger partial charge in [0.25, 0.3) is 0 Å². The van der Waals surface area contributed by atoms with Crippen molar-refractivity contribution in [3.8, 4) is 11.9 Å². The van der Waals surface area contributed by atoms with E-state index in [-0.39, 0.29) is 22.3 Å². The van der Waals surface area contributed by atoms with Gasteiger partial charge in [-0.3, -0.25) is 0 Å². The number of aromatic nitrogens is 1. The molecule has 0 radical (unpaired) electrons. The highest BCUT2D eigenvalue weighted by atomic mass is 35.5. The van der Waals surface area contributed by atoms with E-state index in [0.29, 0.717) is 24.9 Å². The summed E-state index contributed by atoms with van der Waals surface area (Å²) >= 11 is 5.71. The summed E-state index contributed by atoms with van der Waals surface area (Å²) in [5, 5.41) is 8.68. The molecule has 1 saturated heterocycles. The summed E-state index contributed by atoms with van der Waals surface area (Å²) in [6.07, 6.45) is 2.34. The van der Waals surface area contributed by atoms with E-state index in [1.807, 2.05) is 6.07 Å². The van der Waals surface area contributed by atoms with Gasteiger partial charge in [-0.1, -0.05) is 11.6 Å². The van der Waals surface area contributed by atoms with Crippen LogP contribution >= 0.6 is 11.6 Å². The van der Waals surface area contributed by atoms with Crippen molar-refractivity contribution in [2.75, 3.05) is 13.1 Å². The predicted octanol–water partition coefficient (Wildman–Crippen LogP) is 2.98. The maximum Gasteiger partial charge on any atom is 0.243 e. The second-order valence-electron chi connectivity index (χ2n) is 5.82. The Morgan fingerprint density at radius 2 is 2.15 bits per heavy atom. The minimum atomic E-state index is -3.81. The first-order valence-electron chi connectivity index (χ1n) is 7.88. The summed E-state index contributed by atoms with van der Waals surface area (Å²) in [5.74, 6) is -0.396. The van der Waals surface area contributed by atoms with Crippen molar-refractivity contribution >= 4 is 21.6 Å². The topological polar surface area (TPSA) is 83.3 Å². The fourth-order valence-corrected chi connectivity index (χ4v) is 4.50. The minimum Gasteiger partial charge on any atom is -0.473 e. The molecule has 0 N–H and O–H groups in total. The Bertz CT molecular complexity index is 962. The Kier molecular flexibility index (Phi) is 5.41. The van der Waals surface area contributed by atoms with Gasteiger partial charge in [0, 0.05) is 18.8 Å². The van der Waals surface area contributed by atoms with Crippen molar-refractivity contribution in [2.24, 2.45) is 0 Å². The molecule has 9 heteroatoms. The Balaban J connectivity index is 1.77. The Morgan fingerprint density at radius 1 is 1.35 bits per heavy atom. The zero-order valence-corrected chi connectivity index (χ0v) is 15.2. The molecule has 3 rings (SSSR count). The van der Waals surface area contributed by atoms with Gasteiger partial charge < -0.3 is 4.74 Å². The van der Waals surface area contributed by atoms with Crippen LogP contribution in [0.1, 0.15) is 18.4 Å². The van der Waals surface area contributed by atoms with E-state index in [0.717, 1.165) is 12.1 Å². The zero-order chi connectivity index (χ0) is 18.7. The van der Waals surface area contributed by atoms with Gasteiger partial charge in [0.1, 0.15) is 11.9 Å². The number of nitriles is 1. The van der Waals surface area contributed by atoms with E-state index in [4.69, 9.17) is 21.6 Å². The number of sulfonamides is 1. The lowest BCUT2D eigenvalue weighted by Gasteiger charge is -2.31. The number of ether oxygens (including phenoxy) is 1. The van der Waals surface area contributed by atoms with E-state index in [1.165, 1.54) is 22.6 Å². The van der Waals surface area contributed by atoms with Crippen LogP contribution < -0.4 is 4.74 Å². The van der Waals surface area contributed by atoms with Crippen LogP contribution in [0, 0.1) is 17.1 Å². The monoisotopic (exact) mass is 395 g/mol. The number of halogens is 2. The number of rotatable bonds is 4. The molecule has 1 aromatic heterocycles. The van der Waals surface area contributed by atoms with Crippen LogP contribution in [-0.4, -0.2) is 36.9 Å². The Morgan fingerprint density at radius 3 is 2.88 bits per heavy atom. The van der Waals surface area contributed by atoms with Gasteiger partial charge in [-0.2, -0.15) is 9.57 Å². The van der Waals surface area contributed by atoms with Crippen LogP contribution in [0.25, 0.3) is 0 Å². The molecule has 0 aliphatic carbocycles. The van der Waals surface area contributed by atoms with Crippen molar-refractivity contribution < 1.29 is 17.5 Å². The fourth-order valence-electron chi connectivity index (χ4n) is 2.72. The van der Waals surface area contributed by atoms with E-state index >= 15 is 0 Å². The molecule has 0 unspecified atom stereocenters. The maximum absolute atomic E-state index is 13.3. The SMILES string of the molecule is N#Cc1ccnc(O[C@@H]2CCCN(S(=O)(=O)c3ccc(F)c(Cl)c3)C2)c1. The van der Waals surface area contributed by atoms with Gasteiger partial charge >= 0.3 is 0 Å². The van der Waals surface area contributed by atoms with Crippen LogP contribution in [0.2, 0.25) is 5.02 Å². The average Bonchev–Trinajstić information content (AvgIpc) is 2.64. The number of hydrogen-bond donors (Lipinski definition) is 0. The van der Waals surface area contributed by atoms with Gasteiger partial charge in [-0.15, -0.1) is 0 Å². The summed E-state index contributed by atoms with van der Waals surface area (Å²) < 4.78 is 45.9. The van der Waals surface area contributed by atoms with Crippen molar-refractivity contribution in [3.63, 3.8) is 0 Å². The van der Waals surface area contributed by atoms with Gasteiger partial charge in [0.15, 0.2) is 0 Å². The summed E-state index contributed by atoms with van der Waals surface area (Å²) in [6.45, 7) is 0.471. The third-order valence-electron chi connectivity index (χ3n) is 4.02. The zero-order valence-electron chi connectivity index (χ0n) is 13.6. The second-order valence-corrected chi connectivity index (χ2v) is 8.16. The number of piperidine rings is 1. The highest BCUT2D eigenvalue weighted by Gasteiger charge is 2.31. The van der Waals surface area contributed by atoms with Gasteiger partial charge in [-0.05, 0) is 37.1 Å². The molecular formula is C17H15ClFN3O3S. The van der Waals surface area contributed by atoms with E-state index in [1.54, 1.807) is 6.07 Å². The summed E-state index contributed by atoms with van der Waals surface area (Å²) in [6, 6.07) is 8.40. The normalized spacial score (nSPS) is 18.3. The molecular weight excluding hydrogens is 381 g/mol. The predicted molar refractivity (Wildman–Crippen MR) is 92.8 cm³/mol. The number of pyridine rings is 1. The standard InChI is InChI=1S/C17H15ClFN3O3S/c18-15-9-14(3-4-16(15)19)26(23,24)22-7-1-2-13(11-22)25-17-8-12(10-20)5-6-21-17/h3-6,8-9,13H,1-2,7,11H2/t13-/m1/s1. The molecule has 0 saturated carbocycles. The van der Waals surface area contributed by atoms with Crippen molar-refractivity contribution in [1.82, 2.24) is 9.29 Å². The molecule has 6 nitrogen and oxygen atoms in total. The van der Waals surface area contributed by atoms with Crippen LogP contribution in [0.4, 0.5) is 4.39 Å². The van der Waals surface area contributed by atoms with Crippen LogP contribution in [0.5, 0.6) is 5.88 Å². The average molecular weight is 396 g/mol. The highest BCUT2D eigenvalue weighted by Crippen LogP contribution is 2.26. The molecule has 26 heavy (non-hydrogen) atoms. The van der Waals surface area contributed by atoms with Crippen LogP contribution in [0.3, 0.4) is 0 Å². The lowest BCUT2D eigenvalue weighted by Crippen LogP contribution is -2.44. The smallest absolute Gasteiger partial charge is 0.243 e. The molecule has 1 aliphatic rings. The van der Waals surface area contributed by atoms with Gasteiger partial charge in [-0.25, -0.2) is 17.8 Å². The van der Waals surface area contributed by atoms with E-state index < -0.39 is 21.9 Å². The van der Waals surface area contributed by atoms with E-state index in [2.05, 4.69) is 4.98 Å². The molecule has 0 amide bonds. The van der Waals surface area contributed by atoms with Crippen LogP contribution in [-0.2, 0) is 10.0 Å². The molecule has 1 fully saturated rings. The Labute approximate surface area is 155 Å². The lowest BCUT2D eigenvalue weighted by molar-refractivity contribution is 0.124. The first kappa shape index (κ1) is 18.6. The van der Waals surface area contributed by atoms with Crippen LogP contribution in [0.15, 0.2) is 41.4 Å². The molecule has 1 aliphatic heterocycles. The molecule has 0 bridgehead atoms. The molecule has 1 aromatic carbocycles. The lowest BCUT2D eigenvalue weighted by atomic mass is 10.1. The largest absolute Gasteiger partial charge is 0.473 e. The molecule has 2 heterocycles. The molecule has 0 spiro atoms. The molecule has 136 valence electrons. The van der Waals surface area contributed by atoms with Crippen molar-refractivity contribution in [2.45, 2.75) is 23.8 Å². The number of nitrogens with zero attached hydrogens (tertiary/aromatic N) is 3. The second kappa shape index (κ2) is 7.58. The molecule has 2 aromatic rings. The third kappa shape index (κ3) is 3.96. The molecule has 1 atom stereocenters. The van der Waals surface area contributed by atoms with Gasteiger partial charge in [0.05, 0.1) is 28.1 Å². The maximum atomic E-state index is 13.3. The van der Waals surface area contributed by atoms with Gasteiger partial charge in [0.2, 0.25) is 15.9 Å². The van der Waals surface area contributed by atoms with Crippen molar-refractivity contribution in [3.05, 3.63) is 52.9 Å². The van der Waals surface area contributed by atoms with Crippen molar-refractivity contribution in [1.29, 1.82) is 5.26 Å². The summed E-state index contributed by atoms with van der Waals surface area (Å²) in [7, 11) is -3.81. The fraction of sp³-hybridized carbons (Fsp3) is 0.294. The number of benzene rings is 1. The first-order valence-corrected chi connectivity index (χ1v) is 9.70. The highest BCUT2D eigenvalue weighted by molar-refractivity contribution is 7.89. The summed E-state index contributed by atoms with van der Waals surface area (Å²) in [4.78, 5) is 3.99. The third-order valence-corrected chi connectivity index (χ3v) is 6.17.